The molecule has 2 aliphatic heterocycles. The molecule has 2 N–H and O–H groups in total. The van der Waals surface area contributed by atoms with E-state index in [1.54, 1.807) is 42.5 Å². The molecule has 3 aromatic carbocycles. The monoisotopic (exact) mass is 461 g/mol. The van der Waals surface area contributed by atoms with Crippen LogP contribution >= 0.6 is 0 Å². The Morgan fingerprint density at radius 3 is 2.21 bits per heavy atom. The molecule has 5 rings (SSSR count). The van der Waals surface area contributed by atoms with Gasteiger partial charge in [0.2, 0.25) is 9.84 Å². The van der Waals surface area contributed by atoms with Crippen LogP contribution in [-0.4, -0.2) is 40.6 Å². The zero-order valence-corrected chi connectivity index (χ0v) is 18.6. The van der Waals surface area contributed by atoms with E-state index >= 15 is 0 Å². The molecule has 7 nitrogen and oxygen atoms in total. The van der Waals surface area contributed by atoms with Crippen molar-refractivity contribution in [3.8, 4) is 0 Å². The maximum atomic E-state index is 13.3. The number of benzene rings is 3. The molecule has 0 unspecified atom stereocenters. The zero-order chi connectivity index (χ0) is 22.8. The molecule has 0 aromatic heterocycles. The van der Waals surface area contributed by atoms with Crippen molar-refractivity contribution in [2.24, 2.45) is 0 Å². The van der Waals surface area contributed by atoms with E-state index in [4.69, 9.17) is 4.74 Å². The number of nitrogens with zero attached hydrogens (tertiary/aromatic N) is 1. The quantitative estimate of drug-likeness (QED) is 0.602. The van der Waals surface area contributed by atoms with Crippen molar-refractivity contribution in [1.29, 1.82) is 0 Å². The lowest BCUT2D eigenvalue weighted by atomic mass is 10.1. The number of morpholine rings is 1. The lowest BCUT2D eigenvalue weighted by Gasteiger charge is -2.29. The minimum atomic E-state index is -3.98. The van der Waals surface area contributed by atoms with Gasteiger partial charge in [-0.1, -0.05) is 36.4 Å². The van der Waals surface area contributed by atoms with Gasteiger partial charge in [-0.25, -0.2) is 8.42 Å². The van der Waals surface area contributed by atoms with Gasteiger partial charge in [-0.3, -0.25) is 4.79 Å². The number of hydrogen-bond acceptors (Lipinski definition) is 6. The molecule has 0 aliphatic carbocycles. The highest BCUT2D eigenvalue weighted by atomic mass is 32.2. The van der Waals surface area contributed by atoms with Crippen LogP contribution in [0.25, 0.3) is 5.70 Å². The number of nitrogens with one attached hydrogen (secondary N) is 2. The van der Waals surface area contributed by atoms with Gasteiger partial charge < -0.3 is 20.3 Å². The fourth-order valence-electron chi connectivity index (χ4n) is 4.06. The van der Waals surface area contributed by atoms with Gasteiger partial charge in [0.1, 0.15) is 0 Å². The first-order chi connectivity index (χ1) is 16.0. The number of anilines is 3. The van der Waals surface area contributed by atoms with Crippen LogP contribution in [0, 0.1) is 0 Å². The fourth-order valence-corrected chi connectivity index (χ4v) is 5.73. The first kappa shape index (κ1) is 21.2. The number of ether oxygens (including phenoxy) is 1. The maximum absolute atomic E-state index is 13.3. The Bertz CT molecular complexity index is 1310. The van der Waals surface area contributed by atoms with E-state index in [1.807, 2.05) is 30.3 Å². The molecule has 1 fully saturated rings. The normalized spacial score (nSPS) is 16.9. The second-order valence-electron chi connectivity index (χ2n) is 7.80. The summed E-state index contributed by atoms with van der Waals surface area (Å²) in [6.45, 7) is 3.05. The first-order valence-corrected chi connectivity index (χ1v) is 12.2. The zero-order valence-electron chi connectivity index (χ0n) is 17.8. The SMILES string of the molecule is O=C(Nc1ccccc1)C1=C(Nc2ccc(N3CCOCC3)cc2)c2ccccc2S1(=O)=O. The molecule has 1 saturated heterocycles. The van der Waals surface area contributed by atoms with E-state index in [0.29, 0.717) is 30.2 Å². The molecule has 8 heteroatoms. The van der Waals surface area contributed by atoms with Gasteiger partial charge in [0.15, 0.2) is 4.91 Å². The summed E-state index contributed by atoms with van der Waals surface area (Å²) in [5.74, 6) is -0.676. The molecule has 0 saturated carbocycles. The van der Waals surface area contributed by atoms with Gasteiger partial charge in [0, 0.05) is 35.7 Å². The standard InChI is InChI=1S/C25H23N3O4S/c29-25(27-18-6-2-1-3-7-18)24-23(21-8-4-5-9-22(21)33(24,30)31)26-19-10-12-20(13-11-19)28-14-16-32-17-15-28/h1-13,26H,14-17H2,(H,27,29). The van der Waals surface area contributed by atoms with Crippen molar-refractivity contribution in [3.63, 3.8) is 0 Å². The Labute approximate surface area is 192 Å². The van der Waals surface area contributed by atoms with E-state index in [0.717, 1.165) is 18.8 Å². The lowest BCUT2D eigenvalue weighted by Crippen LogP contribution is -2.36. The average Bonchev–Trinajstić information content (AvgIpc) is 3.07. The van der Waals surface area contributed by atoms with Crippen LogP contribution in [0.4, 0.5) is 17.1 Å². The molecule has 1 amide bonds. The van der Waals surface area contributed by atoms with E-state index < -0.39 is 15.7 Å². The summed E-state index contributed by atoms with van der Waals surface area (Å²) < 4.78 is 32.0. The number of fused-ring (bicyclic) bond motifs is 1. The van der Waals surface area contributed by atoms with E-state index in [-0.39, 0.29) is 15.5 Å². The first-order valence-electron chi connectivity index (χ1n) is 10.7. The molecule has 0 atom stereocenters. The molecule has 0 spiro atoms. The minimum absolute atomic E-state index is 0.121. The Morgan fingerprint density at radius 2 is 1.48 bits per heavy atom. The van der Waals surface area contributed by atoms with Gasteiger partial charge in [0.25, 0.3) is 5.91 Å². The Hall–Kier alpha value is -3.62. The second kappa shape index (κ2) is 8.73. The van der Waals surface area contributed by atoms with Crippen LogP contribution in [0.2, 0.25) is 0 Å². The third kappa shape index (κ3) is 4.10. The summed E-state index contributed by atoms with van der Waals surface area (Å²) in [6, 6.07) is 23.2. The predicted octanol–water partition coefficient (Wildman–Crippen LogP) is 3.73. The van der Waals surface area contributed by atoms with Gasteiger partial charge >= 0.3 is 0 Å². The van der Waals surface area contributed by atoms with E-state index in [9.17, 15) is 13.2 Å². The molecular weight excluding hydrogens is 438 g/mol. The predicted molar refractivity (Wildman–Crippen MR) is 129 cm³/mol. The van der Waals surface area contributed by atoms with Crippen molar-refractivity contribution >= 4 is 38.5 Å². The van der Waals surface area contributed by atoms with E-state index in [2.05, 4.69) is 15.5 Å². The largest absolute Gasteiger partial charge is 0.378 e. The van der Waals surface area contributed by atoms with Gasteiger partial charge in [-0.05, 0) is 42.5 Å². The number of hydrogen-bond donors (Lipinski definition) is 2. The molecule has 33 heavy (non-hydrogen) atoms. The average molecular weight is 462 g/mol. The Kier molecular flexibility index (Phi) is 5.62. The van der Waals surface area contributed by atoms with Crippen molar-refractivity contribution in [3.05, 3.63) is 89.3 Å². The summed E-state index contributed by atoms with van der Waals surface area (Å²) in [4.78, 5) is 15.2. The third-order valence-corrected chi connectivity index (χ3v) is 7.55. The van der Waals surface area contributed by atoms with Crippen LogP contribution in [-0.2, 0) is 19.4 Å². The maximum Gasteiger partial charge on any atom is 0.269 e. The number of amides is 1. The van der Waals surface area contributed by atoms with Crippen LogP contribution in [0.3, 0.4) is 0 Å². The van der Waals surface area contributed by atoms with E-state index in [1.165, 1.54) is 6.07 Å². The highest BCUT2D eigenvalue weighted by Gasteiger charge is 2.40. The molecule has 0 bridgehead atoms. The number of carbonyl (C=O) groups is 1. The second-order valence-corrected chi connectivity index (χ2v) is 9.65. The smallest absolute Gasteiger partial charge is 0.269 e. The van der Waals surface area contributed by atoms with Crippen LogP contribution in [0.15, 0.2) is 88.7 Å². The topological polar surface area (TPSA) is 87.7 Å². The van der Waals surface area contributed by atoms with Gasteiger partial charge in [0.05, 0.1) is 23.8 Å². The number of sulfone groups is 1. The number of carbonyl (C=O) groups excluding carboxylic acids is 1. The summed E-state index contributed by atoms with van der Waals surface area (Å²) in [7, 11) is -3.98. The molecule has 2 aliphatic rings. The van der Waals surface area contributed by atoms with Crippen molar-refractivity contribution < 1.29 is 17.9 Å². The van der Waals surface area contributed by atoms with Crippen molar-refractivity contribution in [1.82, 2.24) is 0 Å². The Morgan fingerprint density at radius 1 is 0.818 bits per heavy atom. The van der Waals surface area contributed by atoms with Crippen LogP contribution in [0.5, 0.6) is 0 Å². The summed E-state index contributed by atoms with van der Waals surface area (Å²) in [6.07, 6.45) is 0. The highest BCUT2D eigenvalue weighted by molar-refractivity contribution is 7.97. The van der Waals surface area contributed by atoms with Crippen LogP contribution in [0.1, 0.15) is 5.56 Å². The number of para-hydroxylation sites is 1. The highest BCUT2D eigenvalue weighted by Crippen LogP contribution is 2.40. The number of rotatable bonds is 5. The molecule has 2 heterocycles. The molecule has 168 valence electrons. The lowest BCUT2D eigenvalue weighted by molar-refractivity contribution is -0.112. The van der Waals surface area contributed by atoms with Crippen molar-refractivity contribution in [2.75, 3.05) is 41.8 Å². The van der Waals surface area contributed by atoms with Gasteiger partial charge in [-0.15, -0.1) is 0 Å². The molecule has 3 aromatic rings. The minimum Gasteiger partial charge on any atom is -0.378 e. The molecular formula is C25H23N3O4S. The van der Waals surface area contributed by atoms with Crippen LogP contribution < -0.4 is 15.5 Å². The summed E-state index contributed by atoms with van der Waals surface area (Å²) in [5.41, 5.74) is 3.04. The summed E-state index contributed by atoms with van der Waals surface area (Å²) >= 11 is 0. The van der Waals surface area contributed by atoms with Gasteiger partial charge in [-0.2, -0.15) is 0 Å². The van der Waals surface area contributed by atoms with Crippen molar-refractivity contribution in [2.45, 2.75) is 4.90 Å². The third-order valence-electron chi connectivity index (χ3n) is 5.69. The molecule has 0 radical (unpaired) electrons. The summed E-state index contributed by atoms with van der Waals surface area (Å²) in [5, 5.41) is 5.90. The fraction of sp³-hybridized carbons (Fsp3) is 0.160. The Balaban J connectivity index is 1.50.